The first-order valence-electron chi connectivity index (χ1n) is 5.80. The van der Waals surface area contributed by atoms with Crippen LogP contribution in [0.5, 0.6) is 0 Å². The zero-order valence-electron chi connectivity index (χ0n) is 10.3. The van der Waals surface area contributed by atoms with E-state index in [0.29, 0.717) is 0 Å². The molecule has 0 saturated heterocycles. The summed E-state index contributed by atoms with van der Waals surface area (Å²) in [6, 6.07) is 9.30. The lowest BCUT2D eigenvalue weighted by molar-refractivity contribution is -0.111. The molecule has 0 fully saturated rings. The number of nitrogens with one attached hydrogen (secondary N) is 1. The van der Waals surface area contributed by atoms with Gasteiger partial charge in [-0.15, -0.1) is 0 Å². The van der Waals surface area contributed by atoms with Crippen LogP contribution in [0, 0.1) is 11.3 Å². The second-order valence-electron chi connectivity index (χ2n) is 3.81. The van der Waals surface area contributed by atoms with Crippen molar-refractivity contribution in [1.82, 2.24) is 0 Å². The van der Waals surface area contributed by atoms with Crippen LogP contribution in [-0.4, -0.2) is 11.6 Å². The molecular formula is C13H16N4O. The molecule has 0 aliphatic heterocycles. The number of anilines is 1. The number of carbonyl (C=O) groups is 1. The van der Waals surface area contributed by atoms with E-state index in [4.69, 9.17) is 11.0 Å². The smallest absolute Gasteiger partial charge is 0.280 e. The molecule has 0 spiro atoms. The number of hydrazone groups is 1. The zero-order valence-corrected chi connectivity index (χ0v) is 10.3. The summed E-state index contributed by atoms with van der Waals surface area (Å²) in [7, 11) is 0. The molecule has 1 rings (SSSR count). The number of benzene rings is 1. The topological polar surface area (TPSA) is 91.3 Å². The molecule has 18 heavy (non-hydrogen) atoms. The number of hydrogen-bond acceptors (Lipinski definition) is 4. The van der Waals surface area contributed by atoms with Crippen molar-refractivity contribution in [3.63, 3.8) is 0 Å². The number of para-hydroxylation sites is 1. The summed E-state index contributed by atoms with van der Waals surface area (Å²) in [5.41, 5.74) is 9.28. The molecule has 0 unspecified atom stereocenters. The Bertz CT molecular complexity index is 488. The summed E-state index contributed by atoms with van der Waals surface area (Å²) >= 11 is 0. The number of nitrogens with two attached hydrogens (primary N) is 1. The number of unbranched alkanes of at least 4 members (excludes halogenated alkanes) is 1. The van der Waals surface area contributed by atoms with Gasteiger partial charge in [0.2, 0.25) is 5.71 Å². The molecule has 0 bridgehead atoms. The van der Waals surface area contributed by atoms with Crippen LogP contribution >= 0.6 is 0 Å². The van der Waals surface area contributed by atoms with Crippen molar-refractivity contribution in [3.05, 3.63) is 29.8 Å². The normalized spacial score (nSPS) is 10.8. The molecule has 0 aliphatic rings. The molecule has 5 nitrogen and oxygen atoms in total. The van der Waals surface area contributed by atoms with Gasteiger partial charge in [-0.1, -0.05) is 31.5 Å². The number of amides is 1. The van der Waals surface area contributed by atoms with Crippen molar-refractivity contribution in [2.24, 2.45) is 10.8 Å². The molecule has 0 radical (unpaired) electrons. The highest BCUT2D eigenvalue weighted by molar-refractivity contribution is 6.44. The molecule has 0 aromatic heterocycles. The van der Waals surface area contributed by atoms with Gasteiger partial charge in [-0.05, 0) is 24.5 Å². The maximum atomic E-state index is 10.8. The van der Waals surface area contributed by atoms with E-state index in [1.807, 2.05) is 24.3 Å². The van der Waals surface area contributed by atoms with Gasteiger partial charge in [-0.3, -0.25) is 10.2 Å². The van der Waals surface area contributed by atoms with E-state index in [2.05, 4.69) is 17.5 Å². The van der Waals surface area contributed by atoms with Crippen LogP contribution < -0.4 is 11.2 Å². The molecule has 1 aromatic carbocycles. The molecule has 0 aliphatic carbocycles. The molecule has 3 N–H and O–H groups in total. The van der Waals surface area contributed by atoms with Gasteiger partial charge in [0.1, 0.15) is 6.07 Å². The van der Waals surface area contributed by atoms with Crippen molar-refractivity contribution in [3.8, 4) is 6.07 Å². The van der Waals surface area contributed by atoms with E-state index in [0.717, 1.165) is 30.5 Å². The Morgan fingerprint density at radius 3 is 2.83 bits per heavy atom. The number of hydrogen-bond donors (Lipinski definition) is 2. The van der Waals surface area contributed by atoms with E-state index >= 15 is 0 Å². The first-order chi connectivity index (χ1) is 8.69. The van der Waals surface area contributed by atoms with Gasteiger partial charge >= 0.3 is 0 Å². The van der Waals surface area contributed by atoms with Gasteiger partial charge in [0.25, 0.3) is 5.91 Å². The lowest BCUT2D eigenvalue weighted by atomic mass is 10.1. The second-order valence-corrected chi connectivity index (χ2v) is 3.81. The molecule has 1 aromatic rings. The third-order valence-electron chi connectivity index (χ3n) is 2.44. The van der Waals surface area contributed by atoms with Crippen LogP contribution in [-0.2, 0) is 11.2 Å². The van der Waals surface area contributed by atoms with Gasteiger partial charge < -0.3 is 5.73 Å². The Morgan fingerprint density at radius 2 is 2.22 bits per heavy atom. The fourth-order valence-electron chi connectivity index (χ4n) is 1.47. The minimum atomic E-state index is -0.837. The number of aryl methyl sites for hydroxylation is 1. The largest absolute Gasteiger partial charge is 0.364 e. The molecule has 0 atom stereocenters. The van der Waals surface area contributed by atoms with Crippen LogP contribution in [0.1, 0.15) is 25.3 Å². The van der Waals surface area contributed by atoms with E-state index in [9.17, 15) is 4.79 Å². The maximum absolute atomic E-state index is 10.8. The van der Waals surface area contributed by atoms with Crippen LogP contribution in [0.3, 0.4) is 0 Å². The Balaban J connectivity index is 2.84. The van der Waals surface area contributed by atoms with Gasteiger partial charge in [-0.25, -0.2) is 0 Å². The maximum Gasteiger partial charge on any atom is 0.280 e. The summed E-state index contributed by atoms with van der Waals surface area (Å²) in [5, 5.41) is 12.4. The molecule has 0 saturated carbocycles. The Labute approximate surface area is 106 Å². The van der Waals surface area contributed by atoms with Crippen molar-refractivity contribution in [1.29, 1.82) is 5.26 Å². The SMILES string of the molecule is CCCCc1ccccc1N/N=C(\C#N)C(N)=O. The second kappa shape index (κ2) is 7.07. The van der Waals surface area contributed by atoms with Gasteiger partial charge in [0.15, 0.2) is 0 Å². The zero-order chi connectivity index (χ0) is 13.4. The van der Waals surface area contributed by atoms with Gasteiger partial charge in [-0.2, -0.15) is 10.4 Å². The van der Waals surface area contributed by atoms with Crippen molar-refractivity contribution >= 4 is 17.3 Å². The van der Waals surface area contributed by atoms with Crippen LogP contribution in [0.25, 0.3) is 0 Å². The van der Waals surface area contributed by atoms with E-state index < -0.39 is 5.91 Å². The van der Waals surface area contributed by atoms with Gasteiger partial charge in [0.05, 0.1) is 5.69 Å². The summed E-state index contributed by atoms with van der Waals surface area (Å²) in [6.45, 7) is 2.12. The quantitative estimate of drug-likeness (QED) is 0.590. The summed E-state index contributed by atoms with van der Waals surface area (Å²) < 4.78 is 0. The third kappa shape index (κ3) is 3.91. The highest BCUT2D eigenvalue weighted by Crippen LogP contribution is 2.17. The third-order valence-corrected chi connectivity index (χ3v) is 2.44. The average molecular weight is 244 g/mol. The number of carbonyl (C=O) groups excluding carboxylic acids is 1. The molecular weight excluding hydrogens is 228 g/mol. The minimum Gasteiger partial charge on any atom is -0.364 e. The fourth-order valence-corrected chi connectivity index (χ4v) is 1.47. The summed E-state index contributed by atoms with van der Waals surface area (Å²) in [4.78, 5) is 10.8. The molecule has 0 heterocycles. The van der Waals surface area contributed by atoms with E-state index in [1.165, 1.54) is 0 Å². The standard InChI is InChI=1S/C13H16N4O/c1-2-3-6-10-7-4-5-8-11(10)16-17-12(9-14)13(15)18/h4-5,7-8,16H,2-3,6H2,1H3,(H2,15,18)/b17-12+. The first-order valence-corrected chi connectivity index (χ1v) is 5.80. The predicted molar refractivity (Wildman–Crippen MR) is 70.9 cm³/mol. The van der Waals surface area contributed by atoms with Crippen LogP contribution in [0.4, 0.5) is 5.69 Å². The lowest BCUT2D eigenvalue weighted by Crippen LogP contribution is -2.22. The number of primary amides is 1. The number of rotatable bonds is 6. The highest BCUT2D eigenvalue weighted by atomic mass is 16.1. The summed E-state index contributed by atoms with van der Waals surface area (Å²) in [6.07, 6.45) is 3.10. The van der Waals surface area contributed by atoms with Crippen LogP contribution in [0.2, 0.25) is 0 Å². The monoisotopic (exact) mass is 244 g/mol. The number of nitrogens with zero attached hydrogens (tertiary/aromatic N) is 2. The highest BCUT2D eigenvalue weighted by Gasteiger charge is 2.06. The number of nitriles is 1. The average Bonchev–Trinajstić information content (AvgIpc) is 2.38. The Hall–Kier alpha value is -2.35. The minimum absolute atomic E-state index is 0.333. The lowest BCUT2D eigenvalue weighted by Gasteiger charge is -2.07. The van der Waals surface area contributed by atoms with Crippen molar-refractivity contribution in [2.45, 2.75) is 26.2 Å². The first kappa shape index (κ1) is 13.7. The molecule has 5 heteroatoms. The van der Waals surface area contributed by atoms with E-state index in [1.54, 1.807) is 6.07 Å². The van der Waals surface area contributed by atoms with Crippen LogP contribution in [0.15, 0.2) is 29.4 Å². The van der Waals surface area contributed by atoms with Crippen molar-refractivity contribution in [2.75, 3.05) is 5.43 Å². The van der Waals surface area contributed by atoms with E-state index in [-0.39, 0.29) is 5.71 Å². The van der Waals surface area contributed by atoms with Crippen molar-refractivity contribution < 1.29 is 4.79 Å². The molecule has 1 amide bonds. The fraction of sp³-hybridized carbons (Fsp3) is 0.308. The Morgan fingerprint density at radius 1 is 1.50 bits per heavy atom. The predicted octanol–water partition coefficient (Wildman–Crippen LogP) is 1.81. The Kier molecular flexibility index (Phi) is 5.39. The van der Waals surface area contributed by atoms with Gasteiger partial charge in [0, 0.05) is 0 Å². The summed E-state index contributed by atoms with van der Waals surface area (Å²) in [5.74, 6) is -0.837. The molecule has 94 valence electrons.